The zero-order valence-corrected chi connectivity index (χ0v) is 14.2. The number of hydrogen-bond acceptors (Lipinski definition) is 4. The van der Waals surface area contributed by atoms with Gasteiger partial charge < -0.3 is 10.1 Å². The van der Waals surface area contributed by atoms with Crippen LogP contribution >= 0.6 is 0 Å². The van der Waals surface area contributed by atoms with Crippen molar-refractivity contribution in [2.45, 2.75) is 32.9 Å². The quantitative estimate of drug-likeness (QED) is 0.845. The maximum Gasteiger partial charge on any atom is 0.321 e. The Labute approximate surface area is 139 Å². The molecule has 0 aliphatic heterocycles. The molecule has 1 aromatic carbocycles. The minimum absolute atomic E-state index is 0.210. The average Bonchev–Trinajstić information content (AvgIpc) is 2.50. The first kappa shape index (κ1) is 17.5. The molecule has 1 heterocycles. The Morgan fingerprint density at radius 2 is 1.79 bits per heavy atom. The van der Waals surface area contributed by atoms with Crippen LogP contribution in [0.2, 0.25) is 0 Å². The molecule has 0 atom stereocenters. The van der Waals surface area contributed by atoms with E-state index in [0.29, 0.717) is 11.4 Å². The summed E-state index contributed by atoms with van der Waals surface area (Å²) in [5, 5.41) is 2.75. The number of hydrogen-bond donors (Lipinski definition) is 1. The first-order valence-electron chi connectivity index (χ1n) is 7.49. The second-order valence-electron chi connectivity index (χ2n) is 6.38. The Balaban J connectivity index is 2.38. The van der Waals surface area contributed by atoms with Crippen molar-refractivity contribution in [2.24, 2.45) is 0 Å². The average molecular weight is 331 g/mol. The van der Waals surface area contributed by atoms with E-state index in [1.807, 2.05) is 20.8 Å². The van der Waals surface area contributed by atoms with Crippen LogP contribution in [0.1, 0.15) is 20.8 Å². The molecule has 0 saturated heterocycles. The minimum Gasteiger partial charge on any atom is -0.495 e. The highest BCUT2D eigenvalue weighted by Gasteiger charge is 2.16. The number of para-hydroxylation sites is 2. The molecule has 0 spiro atoms. The van der Waals surface area contributed by atoms with Crippen molar-refractivity contribution in [2.75, 3.05) is 7.11 Å². The standard InChI is InChI=1S/C17H21N3O4/c1-17(2,3)18-14(21)11-19-9-10-20(16(23)15(19)22)12-7-5-6-8-13(12)24-4/h5-10H,11H2,1-4H3,(H,18,21). The molecular formula is C17H21N3O4. The predicted molar refractivity (Wildman–Crippen MR) is 90.7 cm³/mol. The van der Waals surface area contributed by atoms with E-state index in [1.165, 1.54) is 24.1 Å². The highest BCUT2D eigenvalue weighted by atomic mass is 16.5. The molecule has 0 saturated carbocycles. The van der Waals surface area contributed by atoms with E-state index < -0.39 is 16.7 Å². The Morgan fingerprint density at radius 3 is 2.42 bits per heavy atom. The molecule has 1 aromatic heterocycles. The van der Waals surface area contributed by atoms with Crippen LogP contribution in [0.3, 0.4) is 0 Å². The largest absolute Gasteiger partial charge is 0.495 e. The maximum absolute atomic E-state index is 12.4. The molecule has 1 N–H and O–H groups in total. The van der Waals surface area contributed by atoms with Gasteiger partial charge in [0.25, 0.3) is 0 Å². The third-order valence-electron chi connectivity index (χ3n) is 3.23. The number of amides is 1. The van der Waals surface area contributed by atoms with Gasteiger partial charge in [-0.1, -0.05) is 12.1 Å². The normalized spacial score (nSPS) is 11.2. The lowest BCUT2D eigenvalue weighted by Gasteiger charge is -2.20. The Hall–Kier alpha value is -2.83. The molecule has 2 rings (SSSR count). The van der Waals surface area contributed by atoms with Gasteiger partial charge in [-0.2, -0.15) is 0 Å². The van der Waals surface area contributed by atoms with Crippen LogP contribution in [0.15, 0.2) is 46.2 Å². The molecule has 0 fully saturated rings. The molecule has 1 amide bonds. The Kier molecular flexibility index (Phi) is 4.92. The number of carbonyl (C=O) groups is 1. The second-order valence-corrected chi connectivity index (χ2v) is 6.38. The summed E-state index contributed by atoms with van der Waals surface area (Å²) in [7, 11) is 1.49. The molecular weight excluding hydrogens is 310 g/mol. The first-order valence-corrected chi connectivity index (χ1v) is 7.49. The molecule has 0 aliphatic rings. The lowest BCUT2D eigenvalue weighted by Crippen LogP contribution is -2.46. The fraction of sp³-hybridized carbons (Fsp3) is 0.353. The summed E-state index contributed by atoms with van der Waals surface area (Å²) in [5.41, 5.74) is -1.46. The molecule has 24 heavy (non-hydrogen) atoms. The predicted octanol–water partition coefficient (Wildman–Crippen LogP) is 0.922. The third-order valence-corrected chi connectivity index (χ3v) is 3.23. The van der Waals surface area contributed by atoms with E-state index in [1.54, 1.807) is 24.3 Å². The monoisotopic (exact) mass is 331 g/mol. The number of carbonyl (C=O) groups excluding carboxylic acids is 1. The number of aromatic nitrogens is 2. The van der Waals surface area contributed by atoms with Crippen LogP contribution in [-0.4, -0.2) is 27.7 Å². The van der Waals surface area contributed by atoms with Gasteiger partial charge in [0.15, 0.2) is 0 Å². The van der Waals surface area contributed by atoms with Crippen LogP contribution in [0.5, 0.6) is 5.75 Å². The van der Waals surface area contributed by atoms with E-state index in [0.717, 1.165) is 4.57 Å². The number of methoxy groups -OCH3 is 1. The molecule has 128 valence electrons. The number of nitrogens with zero attached hydrogens (tertiary/aromatic N) is 2. The number of benzene rings is 1. The van der Waals surface area contributed by atoms with Crippen molar-refractivity contribution in [3.8, 4) is 11.4 Å². The lowest BCUT2D eigenvalue weighted by atomic mass is 10.1. The van der Waals surface area contributed by atoms with E-state index in [4.69, 9.17) is 4.74 Å². The van der Waals surface area contributed by atoms with Gasteiger partial charge in [-0.3, -0.25) is 23.5 Å². The number of rotatable bonds is 4. The molecule has 7 nitrogen and oxygen atoms in total. The number of ether oxygens (including phenoxy) is 1. The zero-order chi connectivity index (χ0) is 17.9. The van der Waals surface area contributed by atoms with Crippen molar-refractivity contribution in [1.82, 2.24) is 14.5 Å². The summed E-state index contributed by atoms with van der Waals surface area (Å²) in [5.74, 6) is 0.140. The molecule has 7 heteroatoms. The Morgan fingerprint density at radius 1 is 1.12 bits per heavy atom. The van der Waals surface area contributed by atoms with Gasteiger partial charge in [-0.15, -0.1) is 0 Å². The van der Waals surface area contributed by atoms with E-state index >= 15 is 0 Å². The van der Waals surface area contributed by atoms with Crippen molar-refractivity contribution in [1.29, 1.82) is 0 Å². The SMILES string of the molecule is COc1ccccc1-n1ccn(CC(=O)NC(C)(C)C)c(=O)c1=O. The first-order chi connectivity index (χ1) is 11.2. The van der Waals surface area contributed by atoms with Crippen LogP contribution in [0.4, 0.5) is 0 Å². The third kappa shape index (κ3) is 3.92. The van der Waals surface area contributed by atoms with Gasteiger partial charge in [-0.25, -0.2) is 0 Å². The minimum atomic E-state index is -0.771. The van der Waals surface area contributed by atoms with Gasteiger partial charge in [0.05, 0.1) is 12.8 Å². The fourth-order valence-electron chi connectivity index (χ4n) is 2.26. The van der Waals surface area contributed by atoms with Gasteiger partial charge in [-0.05, 0) is 32.9 Å². The van der Waals surface area contributed by atoms with E-state index in [-0.39, 0.29) is 12.5 Å². The summed E-state index contributed by atoms with van der Waals surface area (Å²) in [6, 6.07) is 6.89. The van der Waals surface area contributed by atoms with Crippen LogP contribution in [0, 0.1) is 0 Å². The van der Waals surface area contributed by atoms with Crippen molar-refractivity contribution < 1.29 is 9.53 Å². The summed E-state index contributed by atoms with van der Waals surface area (Å²) in [4.78, 5) is 36.6. The van der Waals surface area contributed by atoms with E-state index in [9.17, 15) is 14.4 Å². The molecule has 0 aliphatic carbocycles. The van der Waals surface area contributed by atoms with Gasteiger partial charge in [0, 0.05) is 17.9 Å². The maximum atomic E-state index is 12.4. The summed E-state index contributed by atoms with van der Waals surface area (Å²) in [6.45, 7) is 5.31. The lowest BCUT2D eigenvalue weighted by molar-refractivity contribution is -0.123. The smallest absolute Gasteiger partial charge is 0.321 e. The second kappa shape index (κ2) is 6.74. The van der Waals surface area contributed by atoms with Crippen LogP contribution < -0.4 is 21.2 Å². The highest BCUT2D eigenvalue weighted by molar-refractivity contribution is 5.76. The highest BCUT2D eigenvalue weighted by Crippen LogP contribution is 2.19. The molecule has 2 aromatic rings. The van der Waals surface area contributed by atoms with Crippen LogP contribution in [-0.2, 0) is 11.3 Å². The molecule has 0 radical (unpaired) electrons. The topological polar surface area (TPSA) is 82.3 Å². The molecule has 0 bridgehead atoms. The van der Waals surface area contributed by atoms with Crippen molar-refractivity contribution in [3.05, 3.63) is 57.4 Å². The zero-order valence-electron chi connectivity index (χ0n) is 14.2. The van der Waals surface area contributed by atoms with E-state index in [2.05, 4.69) is 5.32 Å². The summed E-state index contributed by atoms with van der Waals surface area (Å²) in [6.07, 6.45) is 2.87. The Bertz CT molecular complexity index is 859. The van der Waals surface area contributed by atoms with Gasteiger partial charge in [0.2, 0.25) is 5.91 Å². The van der Waals surface area contributed by atoms with Crippen LogP contribution in [0.25, 0.3) is 5.69 Å². The van der Waals surface area contributed by atoms with Gasteiger partial charge in [0.1, 0.15) is 12.3 Å². The van der Waals surface area contributed by atoms with Crippen molar-refractivity contribution in [3.63, 3.8) is 0 Å². The molecule has 0 unspecified atom stereocenters. The summed E-state index contributed by atoms with van der Waals surface area (Å²) < 4.78 is 7.51. The number of nitrogens with one attached hydrogen (secondary N) is 1. The summed E-state index contributed by atoms with van der Waals surface area (Å²) >= 11 is 0. The fourth-order valence-corrected chi connectivity index (χ4v) is 2.26. The van der Waals surface area contributed by atoms with Crippen molar-refractivity contribution >= 4 is 5.91 Å². The van der Waals surface area contributed by atoms with Gasteiger partial charge >= 0.3 is 11.1 Å².